The molecule has 0 spiro atoms. The van der Waals surface area contributed by atoms with Crippen LogP contribution in [0.3, 0.4) is 0 Å². The van der Waals surface area contributed by atoms with E-state index in [1.807, 2.05) is 35.8 Å². The number of nitrogens with zero attached hydrogens (tertiary/aromatic N) is 4. The van der Waals surface area contributed by atoms with E-state index in [1.165, 1.54) is 23.9 Å². The van der Waals surface area contributed by atoms with Crippen LogP contribution in [0.4, 0.5) is 4.39 Å². The number of aryl methyl sites for hydroxylation is 1. The van der Waals surface area contributed by atoms with E-state index in [0.29, 0.717) is 33.6 Å². The van der Waals surface area contributed by atoms with Gasteiger partial charge in [0.15, 0.2) is 5.16 Å². The van der Waals surface area contributed by atoms with Crippen molar-refractivity contribution < 1.29 is 18.8 Å². The highest BCUT2D eigenvalue weighted by Gasteiger charge is 2.26. The Bertz CT molecular complexity index is 1310. The second kappa shape index (κ2) is 11.0. The number of hydrogen-bond acceptors (Lipinski definition) is 7. The SMILES string of the molecule is COc1ccc(-n2c(C)nnc2S[C@@H](C[N+](=O)[O-])c2ccccc2OCc2cccc(F)c2)cc1. The standard InChI is InChI=1S/C25H23FN4O4S/c1-17-27-28-25(30(17)20-10-12-21(33-2)13-11-20)35-24(15-29(31)32)22-8-3-4-9-23(22)34-16-18-6-5-7-19(26)14-18/h3-14,24H,15-16H2,1-2H3/t24-/m0/s1. The number of para-hydroxylation sites is 1. The zero-order valence-corrected chi connectivity index (χ0v) is 19.9. The maximum absolute atomic E-state index is 13.6. The summed E-state index contributed by atoms with van der Waals surface area (Å²) in [6.45, 7) is 1.60. The van der Waals surface area contributed by atoms with Crippen LogP contribution in [0.2, 0.25) is 0 Å². The number of methoxy groups -OCH3 is 1. The van der Waals surface area contributed by atoms with E-state index in [4.69, 9.17) is 9.47 Å². The molecule has 0 saturated carbocycles. The van der Waals surface area contributed by atoms with Gasteiger partial charge in [0.05, 0.1) is 7.11 Å². The topological polar surface area (TPSA) is 92.3 Å². The number of ether oxygens (including phenoxy) is 2. The lowest BCUT2D eigenvalue weighted by molar-refractivity contribution is -0.479. The molecule has 1 aromatic heterocycles. The Labute approximate surface area is 205 Å². The Morgan fingerprint density at radius 2 is 1.86 bits per heavy atom. The van der Waals surface area contributed by atoms with Gasteiger partial charge < -0.3 is 9.47 Å². The van der Waals surface area contributed by atoms with Gasteiger partial charge in [-0.15, -0.1) is 10.2 Å². The second-order valence-electron chi connectivity index (χ2n) is 7.64. The van der Waals surface area contributed by atoms with Crippen LogP contribution in [0.1, 0.15) is 22.2 Å². The average molecular weight is 495 g/mol. The minimum atomic E-state index is -0.602. The van der Waals surface area contributed by atoms with Crippen LogP contribution >= 0.6 is 11.8 Å². The Morgan fingerprint density at radius 1 is 1.09 bits per heavy atom. The summed E-state index contributed by atoms with van der Waals surface area (Å²) in [5, 5.41) is 20.0. The second-order valence-corrected chi connectivity index (χ2v) is 8.81. The first-order valence-corrected chi connectivity index (χ1v) is 11.6. The molecule has 0 amide bonds. The molecule has 1 heterocycles. The molecule has 0 aliphatic rings. The highest BCUT2D eigenvalue weighted by Crippen LogP contribution is 2.40. The highest BCUT2D eigenvalue weighted by molar-refractivity contribution is 7.99. The molecule has 0 unspecified atom stereocenters. The van der Waals surface area contributed by atoms with Crippen LogP contribution in [-0.4, -0.2) is 33.3 Å². The van der Waals surface area contributed by atoms with E-state index in [-0.39, 0.29) is 23.9 Å². The van der Waals surface area contributed by atoms with Crippen molar-refractivity contribution in [2.24, 2.45) is 0 Å². The molecule has 0 aliphatic heterocycles. The van der Waals surface area contributed by atoms with Crippen LogP contribution in [0.5, 0.6) is 11.5 Å². The molecule has 0 aliphatic carbocycles. The van der Waals surface area contributed by atoms with Crippen molar-refractivity contribution in [1.29, 1.82) is 0 Å². The molecule has 0 bridgehead atoms. The lowest BCUT2D eigenvalue weighted by Crippen LogP contribution is -2.12. The molecular weight excluding hydrogens is 471 g/mol. The van der Waals surface area contributed by atoms with Crippen LogP contribution in [0.25, 0.3) is 5.69 Å². The highest BCUT2D eigenvalue weighted by atomic mass is 32.2. The van der Waals surface area contributed by atoms with Gasteiger partial charge in [0.1, 0.15) is 35.0 Å². The van der Waals surface area contributed by atoms with E-state index < -0.39 is 5.25 Å². The molecule has 0 radical (unpaired) electrons. The Kier molecular flexibility index (Phi) is 7.61. The van der Waals surface area contributed by atoms with Gasteiger partial charge in [0.25, 0.3) is 0 Å². The zero-order valence-electron chi connectivity index (χ0n) is 19.1. The Morgan fingerprint density at radius 3 is 2.57 bits per heavy atom. The van der Waals surface area contributed by atoms with Gasteiger partial charge in [0.2, 0.25) is 6.54 Å². The summed E-state index contributed by atoms with van der Waals surface area (Å²) in [6.07, 6.45) is 0. The molecule has 0 saturated heterocycles. The third-order valence-electron chi connectivity index (χ3n) is 5.24. The maximum Gasteiger partial charge on any atom is 0.220 e. The number of halogens is 1. The first-order valence-electron chi connectivity index (χ1n) is 10.8. The summed E-state index contributed by atoms with van der Waals surface area (Å²) < 4.78 is 26.6. The largest absolute Gasteiger partial charge is 0.497 e. The Hall–Kier alpha value is -3.92. The first-order chi connectivity index (χ1) is 16.9. The van der Waals surface area contributed by atoms with Gasteiger partial charge in [0, 0.05) is 16.2 Å². The van der Waals surface area contributed by atoms with Crippen LogP contribution in [0, 0.1) is 22.9 Å². The predicted octanol–water partition coefficient (Wildman–Crippen LogP) is 5.41. The fourth-order valence-corrected chi connectivity index (χ4v) is 4.78. The number of benzene rings is 3. The van der Waals surface area contributed by atoms with Gasteiger partial charge in [-0.2, -0.15) is 0 Å². The number of rotatable bonds is 10. The van der Waals surface area contributed by atoms with Gasteiger partial charge in [-0.05, 0) is 55.0 Å². The molecule has 10 heteroatoms. The fraction of sp³-hybridized carbons (Fsp3) is 0.200. The lowest BCUT2D eigenvalue weighted by atomic mass is 10.1. The van der Waals surface area contributed by atoms with Gasteiger partial charge in [-0.1, -0.05) is 42.1 Å². The third-order valence-corrected chi connectivity index (χ3v) is 6.40. The third kappa shape index (κ3) is 5.96. The summed E-state index contributed by atoms with van der Waals surface area (Å²) in [7, 11) is 1.59. The molecule has 3 aromatic carbocycles. The minimum Gasteiger partial charge on any atom is -0.497 e. The summed E-state index contributed by atoms with van der Waals surface area (Å²) in [4.78, 5) is 11.2. The molecule has 4 aromatic rings. The normalized spacial score (nSPS) is 11.7. The summed E-state index contributed by atoms with van der Waals surface area (Å²) in [5.74, 6) is 1.50. The zero-order chi connectivity index (χ0) is 24.8. The van der Waals surface area contributed by atoms with E-state index in [2.05, 4.69) is 10.2 Å². The van der Waals surface area contributed by atoms with Crippen molar-refractivity contribution >= 4 is 11.8 Å². The maximum atomic E-state index is 13.6. The van der Waals surface area contributed by atoms with E-state index in [0.717, 1.165) is 5.69 Å². The van der Waals surface area contributed by atoms with E-state index in [9.17, 15) is 14.5 Å². The van der Waals surface area contributed by atoms with Gasteiger partial charge >= 0.3 is 0 Å². The van der Waals surface area contributed by atoms with Crippen molar-refractivity contribution in [3.05, 3.63) is 106 Å². The van der Waals surface area contributed by atoms with Crippen LogP contribution in [0.15, 0.2) is 78.0 Å². The van der Waals surface area contributed by atoms with Crippen molar-refractivity contribution in [1.82, 2.24) is 14.8 Å². The molecule has 1 atom stereocenters. The fourth-order valence-electron chi connectivity index (χ4n) is 3.58. The van der Waals surface area contributed by atoms with Gasteiger partial charge in [-0.3, -0.25) is 14.7 Å². The average Bonchev–Trinajstić information content (AvgIpc) is 3.22. The Balaban J connectivity index is 1.63. The van der Waals surface area contributed by atoms with Crippen molar-refractivity contribution in [2.45, 2.75) is 23.9 Å². The van der Waals surface area contributed by atoms with Crippen LogP contribution in [-0.2, 0) is 6.61 Å². The molecule has 35 heavy (non-hydrogen) atoms. The molecular formula is C25H23FN4O4S. The minimum absolute atomic E-state index is 0.131. The van der Waals surface area contributed by atoms with Gasteiger partial charge in [-0.25, -0.2) is 4.39 Å². The molecule has 0 fully saturated rings. The summed E-state index contributed by atoms with van der Waals surface area (Å²) in [6, 6.07) is 20.7. The van der Waals surface area contributed by atoms with Crippen molar-refractivity contribution in [3.63, 3.8) is 0 Å². The smallest absolute Gasteiger partial charge is 0.220 e. The van der Waals surface area contributed by atoms with Crippen molar-refractivity contribution in [3.8, 4) is 17.2 Å². The lowest BCUT2D eigenvalue weighted by Gasteiger charge is -2.18. The molecule has 8 nitrogen and oxygen atoms in total. The van der Waals surface area contributed by atoms with E-state index >= 15 is 0 Å². The number of aromatic nitrogens is 3. The monoisotopic (exact) mass is 494 g/mol. The molecule has 4 rings (SSSR count). The first kappa shape index (κ1) is 24.2. The van der Waals surface area contributed by atoms with Crippen LogP contribution < -0.4 is 9.47 Å². The number of thioether (sulfide) groups is 1. The summed E-state index contributed by atoms with van der Waals surface area (Å²) in [5.41, 5.74) is 2.12. The predicted molar refractivity (Wildman–Crippen MR) is 130 cm³/mol. The number of hydrogen-bond donors (Lipinski definition) is 0. The van der Waals surface area contributed by atoms with Crippen molar-refractivity contribution in [2.75, 3.05) is 13.7 Å². The summed E-state index contributed by atoms with van der Waals surface area (Å²) >= 11 is 1.24. The number of nitro groups is 1. The quantitative estimate of drug-likeness (QED) is 0.165. The molecule has 180 valence electrons. The molecule has 0 N–H and O–H groups in total. The van der Waals surface area contributed by atoms with E-state index in [1.54, 1.807) is 43.5 Å².